The third-order valence-electron chi connectivity index (χ3n) is 2.57. The Morgan fingerprint density at radius 1 is 1.41 bits per heavy atom. The molecule has 1 rings (SSSR count). The maximum atomic E-state index is 10.7. The molecule has 0 saturated heterocycles. The van der Waals surface area contributed by atoms with Gasteiger partial charge in [-0.05, 0) is 19.9 Å². The van der Waals surface area contributed by atoms with Crippen molar-refractivity contribution in [3.05, 3.63) is 23.8 Å². The molecule has 0 aliphatic carbocycles. The van der Waals surface area contributed by atoms with Crippen molar-refractivity contribution in [2.45, 2.75) is 25.9 Å². The summed E-state index contributed by atoms with van der Waals surface area (Å²) >= 11 is 0. The number of hydrogen-bond acceptors (Lipinski definition) is 4. The molecule has 2 atom stereocenters. The normalized spacial score (nSPS) is 14.1. The van der Waals surface area contributed by atoms with Crippen LogP contribution < -0.4 is 10.1 Å². The number of benzene rings is 1. The molecule has 3 N–H and O–H groups in total. The fourth-order valence-corrected chi connectivity index (χ4v) is 1.55. The van der Waals surface area contributed by atoms with Gasteiger partial charge in [0.25, 0.3) is 0 Å². The van der Waals surface area contributed by atoms with Crippen molar-refractivity contribution in [2.75, 3.05) is 7.11 Å². The van der Waals surface area contributed by atoms with Crippen LogP contribution in [-0.2, 0) is 4.79 Å². The van der Waals surface area contributed by atoms with E-state index in [0.29, 0.717) is 11.3 Å². The van der Waals surface area contributed by atoms with Gasteiger partial charge in [-0.2, -0.15) is 0 Å². The van der Waals surface area contributed by atoms with E-state index in [1.165, 1.54) is 13.2 Å². The Labute approximate surface area is 100 Å². The SMILES string of the molecule is COc1ccc(C(C)NC(C)C(=O)O)c(O)c1. The van der Waals surface area contributed by atoms with E-state index in [9.17, 15) is 9.90 Å². The van der Waals surface area contributed by atoms with E-state index in [2.05, 4.69) is 5.32 Å². The molecule has 0 heterocycles. The van der Waals surface area contributed by atoms with Gasteiger partial charge in [0.15, 0.2) is 0 Å². The van der Waals surface area contributed by atoms with Gasteiger partial charge in [0, 0.05) is 17.7 Å². The minimum atomic E-state index is -0.926. The van der Waals surface area contributed by atoms with E-state index in [1.54, 1.807) is 26.0 Å². The number of aromatic hydroxyl groups is 1. The largest absolute Gasteiger partial charge is 0.507 e. The van der Waals surface area contributed by atoms with E-state index >= 15 is 0 Å². The fraction of sp³-hybridized carbons (Fsp3) is 0.417. The summed E-state index contributed by atoms with van der Waals surface area (Å²) in [6, 6.07) is 4.00. The number of carboxylic acid groups (broad SMARTS) is 1. The first kappa shape index (κ1) is 13.3. The number of ether oxygens (including phenoxy) is 1. The van der Waals surface area contributed by atoms with Gasteiger partial charge in [0.05, 0.1) is 7.11 Å². The average Bonchev–Trinajstić information content (AvgIpc) is 2.28. The first-order valence-electron chi connectivity index (χ1n) is 5.31. The first-order valence-corrected chi connectivity index (χ1v) is 5.31. The zero-order valence-corrected chi connectivity index (χ0v) is 10.1. The Hall–Kier alpha value is -1.75. The van der Waals surface area contributed by atoms with Crippen LogP contribution in [0.1, 0.15) is 25.5 Å². The minimum absolute atomic E-state index is 0.0851. The zero-order chi connectivity index (χ0) is 13.0. The standard InChI is InChI=1S/C12H17NO4/c1-7(13-8(2)12(15)16)10-5-4-9(17-3)6-11(10)14/h4-8,13-14H,1-3H3,(H,15,16). The lowest BCUT2D eigenvalue weighted by molar-refractivity contribution is -0.139. The van der Waals surface area contributed by atoms with Crippen molar-refractivity contribution >= 4 is 5.97 Å². The Balaban J connectivity index is 2.82. The minimum Gasteiger partial charge on any atom is -0.507 e. The summed E-state index contributed by atoms with van der Waals surface area (Å²) in [6.45, 7) is 3.35. The molecule has 5 heteroatoms. The Morgan fingerprint density at radius 2 is 2.06 bits per heavy atom. The molecular weight excluding hydrogens is 222 g/mol. The summed E-state index contributed by atoms with van der Waals surface area (Å²) in [5, 5.41) is 21.4. The molecule has 0 spiro atoms. The van der Waals surface area contributed by atoms with Gasteiger partial charge in [-0.25, -0.2) is 0 Å². The summed E-state index contributed by atoms with van der Waals surface area (Å²) in [7, 11) is 1.52. The van der Waals surface area contributed by atoms with Crippen LogP contribution in [0.4, 0.5) is 0 Å². The van der Waals surface area contributed by atoms with Crippen molar-refractivity contribution in [2.24, 2.45) is 0 Å². The number of methoxy groups -OCH3 is 1. The van der Waals surface area contributed by atoms with E-state index in [4.69, 9.17) is 9.84 Å². The Kier molecular flexibility index (Phi) is 4.34. The average molecular weight is 239 g/mol. The molecule has 0 aliphatic rings. The van der Waals surface area contributed by atoms with Crippen molar-refractivity contribution in [3.63, 3.8) is 0 Å². The van der Waals surface area contributed by atoms with E-state index in [1.807, 2.05) is 0 Å². The van der Waals surface area contributed by atoms with Gasteiger partial charge in [-0.3, -0.25) is 10.1 Å². The predicted molar refractivity (Wildman–Crippen MR) is 63.3 cm³/mol. The Morgan fingerprint density at radius 3 is 2.53 bits per heavy atom. The molecule has 0 aliphatic heterocycles. The van der Waals surface area contributed by atoms with E-state index in [-0.39, 0.29) is 11.8 Å². The zero-order valence-electron chi connectivity index (χ0n) is 10.1. The lowest BCUT2D eigenvalue weighted by Gasteiger charge is -2.18. The highest BCUT2D eigenvalue weighted by atomic mass is 16.5. The second-order valence-electron chi connectivity index (χ2n) is 3.87. The Bertz CT molecular complexity index is 405. The van der Waals surface area contributed by atoms with Crippen molar-refractivity contribution < 1.29 is 19.7 Å². The van der Waals surface area contributed by atoms with Crippen molar-refractivity contribution in [3.8, 4) is 11.5 Å². The number of nitrogens with one attached hydrogen (secondary N) is 1. The summed E-state index contributed by atoms with van der Waals surface area (Å²) < 4.78 is 4.97. The van der Waals surface area contributed by atoms with Crippen LogP contribution in [-0.4, -0.2) is 29.3 Å². The van der Waals surface area contributed by atoms with Gasteiger partial charge in [-0.15, -0.1) is 0 Å². The smallest absolute Gasteiger partial charge is 0.320 e. The molecule has 94 valence electrons. The molecule has 5 nitrogen and oxygen atoms in total. The second kappa shape index (κ2) is 5.54. The van der Waals surface area contributed by atoms with Crippen LogP contribution >= 0.6 is 0 Å². The molecule has 0 fully saturated rings. The highest BCUT2D eigenvalue weighted by molar-refractivity contribution is 5.72. The number of phenols is 1. The van der Waals surface area contributed by atoms with Crippen LogP contribution in [0.25, 0.3) is 0 Å². The highest BCUT2D eigenvalue weighted by Gasteiger charge is 2.17. The molecule has 0 aromatic heterocycles. The van der Waals surface area contributed by atoms with E-state index in [0.717, 1.165) is 0 Å². The number of phenolic OH excluding ortho intramolecular Hbond substituents is 1. The first-order chi connectivity index (χ1) is 7.95. The van der Waals surface area contributed by atoms with Crippen molar-refractivity contribution in [1.29, 1.82) is 0 Å². The predicted octanol–water partition coefficient (Wildman–Crippen LogP) is 1.52. The van der Waals surface area contributed by atoms with Crippen LogP contribution in [0.5, 0.6) is 11.5 Å². The van der Waals surface area contributed by atoms with Crippen LogP contribution in [0.3, 0.4) is 0 Å². The number of carboxylic acids is 1. The lowest BCUT2D eigenvalue weighted by atomic mass is 10.1. The van der Waals surface area contributed by atoms with Gasteiger partial charge >= 0.3 is 5.97 Å². The molecule has 0 amide bonds. The third kappa shape index (κ3) is 3.35. The molecule has 1 aromatic carbocycles. The molecule has 0 bridgehead atoms. The number of hydrogen-bond donors (Lipinski definition) is 3. The second-order valence-corrected chi connectivity index (χ2v) is 3.87. The number of aliphatic carboxylic acids is 1. The molecular formula is C12H17NO4. The maximum absolute atomic E-state index is 10.7. The highest BCUT2D eigenvalue weighted by Crippen LogP contribution is 2.28. The lowest BCUT2D eigenvalue weighted by Crippen LogP contribution is -2.35. The van der Waals surface area contributed by atoms with Gasteiger partial charge < -0.3 is 14.9 Å². The molecule has 2 unspecified atom stereocenters. The van der Waals surface area contributed by atoms with Gasteiger partial charge in [0.1, 0.15) is 17.5 Å². The summed E-state index contributed by atoms with van der Waals surface area (Å²) in [5.41, 5.74) is 0.638. The molecule has 1 aromatic rings. The third-order valence-corrected chi connectivity index (χ3v) is 2.57. The quantitative estimate of drug-likeness (QED) is 0.726. The maximum Gasteiger partial charge on any atom is 0.320 e. The van der Waals surface area contributed by atoms with Crippen LogP contribution in [0.2, 0.25) is 0 Å². The summed E-state index contributed by atoms with van der Waals surface area (Å²) in [6.07, 6.45) is 0. The van der Waals surface area contributed by atoms with Crippen LogP contribution in [0.15, 0.2) is 18.2 Å². The van der Waals surface area contributed by atoms with Gasteiger partial charge in [0.2, 0.25) is 0 Å². The molecule has 0 saturated carbocycles. The van der Waals surface area contributed by atoms with Crippen molar-refractivity contribution in [1.82, 2.24) is 5.32 Å². The summed E-state index contributed by atoms with van der Waals surface area (Å²) in [5.74, 6) is -0.281. The monoisotopic (exact) mass is 239 g/mol. The van der Waals surface area contributed by atoms with Crippen LogP contribution in [0, 0.1) is 0 Å². The topological polar surface area (TPSA) is 78.8 Å². The number of carbonyl (C=O) groups is 1. The fourth-order valence-electron chi connectivity index (χ4n) is 1.55. The number of rotatable bonds is 5. The van der Waals surface area contributed by atoms with Gasteiger partial charge in [-0.1, -0.05) is 6.07 Å². The summed E-state index contributed by atoms with van der Waals surface area (Å²) in [4.78, 5) is 10.7. The molecule has 17 heavy (non-hydrogen) atoms. The van der Waals surface area contributed by atoms with E-state index < -0.39 is 12.0 Å². The molecule has 0 radical (unpaired) electrons.